The Morgan fingerprint density at radius 2 is 1.61 bits per heavy atom. The van der Waals surface area contributed by atoms with E-state index in [1.807, 2.05) is 61.5 Å². The fraction of sp³-hybridized carbons (Fsp3) is 0.364. The van der Waals surface area contributed by atoms with E-state index in [1.54, 1.807) is 0 Å². The molecule has 3 aromatic rings. The zero-order valence-electron chi connectivity index (χ0n) is 23.3. The molecule has 8 nitrogen and oxygen atoms in total. The Morgan fingerprint density at radius 1 is 0.976 bits per heavy atom. The van der Waals surface area contributed by atoms with Crippen molar-refractivity contribution in [3.8, 4) is 11.1 Å². The van der Waals surface area contributed by atoms with Crippen molar-refractivity contribution >= 4 is 18.0 Å². The van der Waals surface area contributed by atoms with Crippen LogP contribution in [0.3, 0.4) is 0 Å². The van der Waals surface area contributed by atoms with Crippen LogP contribution in [0.2, 0.25) is 0 Å². The lowest BCUT2D eigenvalue weighted by atomic mass is 9.98. The zero-order chi connectivity index (χ0) is 28.8. The van der Waals surface area contributed by atoms with E-state index in [9.17, 15) is 19.5 Å². The SMILES string of the molecule is CC(CCCC(=O)NC1(C(=O)O)CCN(Cc2ccccc2)C1)NC(=O)OCC1c2ccccc2-c2ccccc21. The minimum Gasteiger partial charge on any atom is -0.479 e. The van der Waals surface area contributed by atoms with Gasteiger partial charge in [-0.2, -0.15) is 0 Å². The molecule has 2 aliphatic rings. The second-order valence-corrected chi connectivity index (χ2v) is 11.1. The Balaban J connectivity index is 1.05. The lowest BCUT2D eigenvalue weighted by Gasteiger charge is -2.26. The molecule has 0 saturated carbocycles. The predicted octanol–water partition coefficient (Wildman–Crippen LogP) is 4.93. The van der Waals surface area contributed by atoms with Gasteiger partial charge < -0.3 is 20.5 Å². The molecule has 8 heteroatoms. The van der Waals surface area contributed by atoms with Gasteiger partial charge in [0.2, 0.25) is 5.91 Å². The number of hydrogen-bond donors (Lipinski definition) is 3. The molecule has 0 radical (unpaired) electrons. The lowest BCUT2D eigenvalue weighted by Crippen LogP contribution is -2.56. The number of amides is 2. The van der Waals surface area contributed by atoms with E-state index in [0.717, 1.165) is 16.7 Å². The van der Waals surface area contributed by atoms with Crippen molar-refractivity contribution < 1.29 is 24.2 Å². The summed E-state index contributed by atoms with van der Waals surface area (Å²) in [5.74, 6) is -1.30. The van der Waals surface area contributed by atoms with Crippen molar-refractivity contribution in [3.63, 3.8) is 0 Å². The molecule has 5 rings (SSSR count). The molecule has 3 N–H and O–H groups in total. The van der Waals surface area contributed by atoms with Crippen LogP contribution in [-0.2, 0) is 20.9 Å². The Bertz CT molecular complexity index is 1350. The molecule has 2 unspecified atom stereocenters. The molecular weight excluding hydrogens is 518 g/mol. The highest BCUT2D eigenvalue weighted by atomic mass is 16.5. The number of fused-ring (bicyclic) bond motifs is 3. The summed E-state index contributed by atoms with van der Waals surface area (Å²) in [6.45, 7) is 3.63. The molecule has 1 fully saturated rings. The molecule has 1 aliphatic heterocycles. The van der Waals surface area contributed by atoms with Gasteiger partial charge in [-0.25, -0.2) is 9.59 Å². The van der Waals surface area contributed by atoms with Gasteiger partial charge in [0.25, 0.3) is 0 Å². The number of nitrogens with one attached hydrogen (secondary N) is 2. The number of carboxylic acids is 1. The van der Waals surface area contributed by atoms with Gasteiger partial charge in [0.1, 0.15) is 6.61 Å². The predicted molar refractivity (Wildman–Crippen MR) is 156 cm³/mol. The summed E-state index contributed by atoms with van der Waals surface area (Å²) in [6, 6.07) is 26.1. The summed E-state index contributed by atoms with van der Waals surface area (Å²) in [6.07, 6.45) is 1.14. The van der Waals surface area contributed by atoms with E-state index in [-0.39, 0.29) is 37.4 Å². The Labute approximate surface area is 240 Å². The summed E-state index contributed by atoms with van der Waals surface area (Å²) in [7, 11) is 0. The molecule has 1 saturated heterocycles. The third kappa shape index (κ3) is 6.60. The van der Waals surface area contributed by atoms with Crippen molar-refractivity contribution in [1.82, 2.24) is 15.5 Å². The average molecular weight is 556 g/mol. The van der Waals surface area contributed by atoms with Gasteiger partial charge in [-0.3, -0.25) is 9.69 Å². The maximum absolute atomic E-state index is 12.7. The Hall–Kier alpha value is -4.17. The van der Waals surface area contributed by atoms with E-state index < -0.39 is 17.6 Å². The van der Waals surface area contributed by atoms with Crippen LogP contribution >= 0.6 is 0 Å². The molecule has 3 aromatic carbocycles. The molecule has 0 bridgehead atoms. The topological polar surface area (TPSA) is 108 Å². The number of likely N-dealkylation sites (tertiary alicyclic amines) is 1. The molecule has 0 aromatic heterocycles. The standard InChI is InChI=1S/C33H37N3O5/c1-23(34-32(40)41-21-29-27-15-7-5-13-25(27)26-14-6-8-16-28(26)29)10-9-17-30(37)35-33(31(38)39)18-19-36(22-33)20-24-11-3-2-4-12-24/h2-8,11-16,23,29H,9-10,17-22H2,1H3,(H,34,40)(H,35,37)(H,38,39). The second kappa shape index (κ2) is 12.6. The fourth-order valence-corrected chi connectivity index (χ4v) is 6.01. The van der Waals surface area contributed by atoms with E-state index >= 15 is 0 Å². The minimum atomic E-state index is -1.28. The maximum atomic E-state index is 12.7. The number of alkyl carbamates (subject to hydrolysis) is 1. The number of carboxylic acid groups (broad SMARTS) is 1. The first-order chi connectivity index (χ1) is 19.8. The lowest BCUT2D eigenvalue weighted by molar-refractivity contribution is -0.147. The summed E-state index contributed by atoms with van der Waals surface area (Å²) < 4.78 is 5.62. The van der Waals surface area contributed by atoms with Crippen LogP contribution in [0.1, 0.15) is 55.2 Å². The number of benzene rings is 3. The monoisotopic (exact) mass is 555 g/mol. The van der Waals surface area contributed by atoms with E-state index in [1.165, 1.54) is 11.1 Å². The van der Waals surface area contributed by atoms with Crippen LogP contribution < -0.4 is 10.6 Å². The highest BCUT2D eigenvalue weighted by Gasteiger charge is 2.45. The van der Waals surface area contributed by atoms with Gasteiger partial charge >= 0.3 is 12.1 Å². The second-order valence-electron chi connectivity index (χ2n) is 11.1. The van der Waals surface area contributed by atoms with Crippen LogP contribution in [-0.4, -0.2) is 59.3 Å². The maximum Gasteiger partial charge on any atom is 0.407 e. The van der Waals surface area contributed by atoms with Crippen LogP contribution in [0.5, 0.6) is 0 Å². The van der Waals surface area contributed by atoms with Gasteiger partial charge in [0.15, 0.2) is 5.54 Å². The zero-order valence-corrected chi connectivity index (χ0v) is 23.3. The Morgan fingerprint density at radius 3 is 2.27 bits per heavy atom. The van der Waals surface area contributed by atoms with Crippen LogP contribution in [0, 0.1) is 0 Å². The largest absolute Gasteiger partial charge is 0.479 e. The van der Waals surface area contributed by atoms with E-state index in [0.29, 0.717) is 32.4 Å². The number of aliphatic carboxylic acids is 1. The van der Waals surface area contributed by atoms with Crippen molar-refractivity contribution in [2.24, 2.45) is 0 Å². The molecular formula is C33H37N3O5. The van der Waals surface area contributed by atoms with E-state index in [4.69, 9.17) is 4.74 Å². The fourth-order valence-electron chi connectivity index (χ4n) is 6.01. The first kappa shape index (κ1) is 28.4. The number of carbonyl (C=O) groups excluding carboxylic acids is 2. The molecule has 2 atom stereocenters. The van der Waals surface area contributed by atoms with Gasteiger partial charge in [-0.15, -0.1) is 0 Å². The first-order valence-electron chi connectivity index (χ1n) is 14.3. The summed E-state index contributed by atoms with van der Waals surface area (Å²) >= 11 is 0. The highest BCUT2D eigenvalue weighted by molar-refractivity contribution is 5.87. The van der Waals surface area contributed by atoms with Gasteiger partial charge in [0.05, 0.1) is 0 Å². The summed E-state index contributed by atoms with van der Waals surface area (Å²) in [4.78, 5) is 39.5. The van der Waals surface area contributed by atoms with E-state index in [2.05, 4.69) is 39.8 Å². The molecule has 41 heavy (non-hydrogen) atoms. The number of nitrogens with zero attached hydrogens (tertiary/aromatic N) is 1. The normalized spacial score (nSPS) is 18.8. The number of ether oxygens (including phenoxy) is 1. The third-order valence-corrected chi connectivity index (χ3v) is 8.13. The molecule has 0 spiro atoms. The molecule has 2 amide bonds. The van der Waals surface area contributed by atoms with Crippen molar-refractivity contribution in [1.29, 1.82) is 0 Å². The van der Waals surface area contributed by atoms with Gasteiger partial charge in [-0.05, 0) is 54.0 Å². The Kier molecular flexibility index (Phi) is 8.69. The average Bonchev–Trinajstić information content (AvgIpc) is 3.52. The van der Waals surface area contributed by atoms with Crippen LogP contribution in [0.25, 0.3) is 11.1 Å². The number of hydrogen-bond acceptors (Lipinski definition) is 5. The van der Waals surface area contributed by atoms with Crippen molar-refractivity contribution in [3.05, 3.63) is 95.6 Å². The van der Waals surface area contributed by atoms with Crippen molar-refractivity contribution in [2.75, 3.05) is 19.7 Å². The van der Waals surface area contributed by atoms with Gasteiger partial charge in [-0.1, -0.05) is 78.9 Å². The summed E-state index contributed by atoms with van der Waals surface area (Å²) in [5, 5.41) is 15.6. The minimum absolute atomic E-state index is 0.00656. The highest BCUT2D eigenvalue weighted by Crippen LogP contribution is 2.44. The van der Waals surface area contributed by atoms with Crippen LogP contribution in [0.15, 0.2) is 78.9 Å². The summed E-state index contributed by atoms with van der Waals surface area (Å²) in [5.41, 5.74) is 4.50. The quantitative estimate of drug-likeness (QED) is 0.310. The van der Waals surface area contributed by atoms with Crippen molar-refractivity contribution in [2.45, 2.75) is 56.7 Å². The molecule has 1 aliphatic carbocycles. The number of carbonyl (C=O) groups is 3. The van der Waals surface area contributed by atoms with Gasteiger partial charge in [0, 0.05) is 38.0 Å². The van der Waals surface area contributed by atoms with Crippen LogP contribution in [0.4, 0.5) is 4.79 Å². The number of rotatable bonds is 11. The smallest absolute Gasteiger partial charge is 0.407 e. The molecule has 1 heterocycles. The third-order valence-electron chi connectivity index (χ3n) is 8.13. The molecule has 214 valence electrons. The first-order valence-corrected chi connectivity index (χ1v) is 14.3.